The van der Waals surface area contributed by atoms with Crippen molar-refractivity contribution in [3.63, 3.8) is 0 Å². The Balaban J connectivity index is 2.17. The minimum Gasteiger partial charge on any atom is -0.328 e. The summed E-state index contributed by atoms with van der Waals surface area (Å²) in [4.78, 5) is 0. The fraction of sp³-hybridized carbons (Fsp3) is 0.455. The molecule has 2 nitrogen and oxygen atoms in total. The van der Waals surface area contributed by atoms with Crippen molar-refractivity contribution >= 4 is 15.9 Å². The molecule has 0 aromatic heterocycles. The summed E-state index contributed by atoms with van der Waals surface area (Å²) >= 11 is 3.32. The Morgan fingerprint density at radius 1 is 1.40 bits per heavy atom. The highest BCUT2D eigenvalue weighted by molar-refractivity contribution is 9.10. The van der Waals surface area contributed by atoms with Gasteiger partial charge in [0, 0.05) is 22.1 Å². The van der Waals surface area contributed by atoms with E-state index < -0.39 is 0 Å². The van der Waals surface area contributed by atoms with Gasteiger partial charge in [0.05, 0.1) is 0 Å². The molecule has 1 unspecified atom stereocenters. The zero-order chi connectivity index (χ0) is 11.0. The standard InChI is InChI=1S/C11H14BrFN2/c12-7-1-2-10(13)9(5-7)11(15)6-3-8(14)4-6/h1-2,5-6,8,11H,3-4,14-15H2. The van der Waals surface area contributed by atoms with Gasteiger partial charge in [-0.1, -0.05) is 15.9 Å². The maximum Gasteiger partial charge on any atom is 0.128 e. The molecule has 0 radical (unpaired) electrons. The van der Waals surface area contributed by atoms with E-state index in [9.17, 15) is 4.39 Å². The molecule has 1 saturated carbocycles. The average Bonchev–Trinajstić information content (AvgIpc) is 2.16. The third-order valence-corrected chi connectivity index (χ3v) is 3.53. The summed E-state index contributed by atoms with van der Waals surface area (Å²) < 4.78 is 14.4. The Hall–Kier alpha value is -0.450. The predicted molar refractivity (Wildman–Crippen MR) is 61.7 cm³/mol. The fourth-order valence-electron chi connectivity index (χ4n) is 2.03. The summed E-state index contributed by atoms with van der Waals surface area (Å²) in [5.74, 6) is 0.0926. The first-order valence-electron chi connectivity index (χ1n) is 5.04. The Morgan fingerprint density at radius 3 is 2.67 bits per heavy atom. The molecule has 0 amide bonds. The van der Waals surface area contributed by atoms with Crippen LogP contribution in [0.1, 0.15) is 24.4 Å². The minimum absolute atomic E-state index is 0.230. The zero-order valence-corrected chi connectivity index (χ0v) is 9.87. The highest BCUT2D eigenvalue weighted by atomic mass is 79.9. The van der Waals surface area contributed by atoms with Gasteiger partial charge in [0.2, 0.25) is 0 Å². The summed E-state index contributed by atoms with van der Waals surface area (Å²) in [6, 6.07) is 4.89. The fourth-order valence-corrected chi connectivity index (χ4v) is 2.40. The van der Waals surface area contributed by atoms with E-state index in [1.807, 2.05) is 0 Å². The third kappa shape index (κ3) is 2.22. The van der Waals surface area contributed by atoms with Crippen LogP contribution in [0, 0.1) is 11.7 Å². The van der Waals surface area contributed by atoms with Gasteiger partial charge in [-0.25, -0.2) is 4.39 Å². The summed E-state index contributed by atoms with van der Waals surface area (Å²) in [5, 5.41) is 0. The maximum atomic E-state index is 13.5. The summed E-state index contributed by atoms with van der Waals surface area (Å²) in [5.41, 5.74) is 12.3. The van der Waals surface area contributed by atoms with E-state index in [0.717, 1.165) is 17.3 Å². The second-order valence-electron chi connectivity index (χ2n) is 4.18. The Kier molecular flexibility index (Phi) is 3.09. The van der Waals surface area contributed by atoms with E-state index >= 15 is 0 Å². The lowest BCUT2D eigenvalue weighted by atomic mass is 9.74. The van der Waals surface area contributed by atoms with Crippen LogP contribution in [0.15, 0.2) is 22.7 Å². The highest BCUT2D eigenvalue weighted by Crippen LogP contribution is 2.36. The molecule has 82 valence electrons. The molecule has 0 aliphatic heterocycles. The molecule has 1 aromatic carbocycles. The molecule has 0 heterocycles. The largest absolute Gasteiger partial charge is 0.328 e. The van der Waals surface area contributed by atoms with Crippen LogP contribution in [0.2, 0.25) is 0 Å². The first kappa shape index (κ1) is 11.0. The Morgan fingerprint density at radius 2 is 2.07 bits per heavy atom. The van der Waals surface area contributed by atoms with Crippen molar-refractivity contribution in [2.24, 2.45) is 17.4 Å². The lowest BCUT2D eigenvalue weighted by Gasteiger charge is -2.37. The highest BCUT2D eigenvalue weighted by Gasteiger charge is 2.32. The first-order valence-corrected chi connectivity index (χ1v) is 5.83. The topological polar surface area (TPSA) is 52.0 Å². The second-order valence-corrected chi connectivity index (χ2v) is 5.10. The van der Waals surface area contributed by atoms with Crippen LogP contribution < -0.4 is 11.5 Å². The van der Waals surface area contributed by atoms with Crippen molar-refractivity contribution < 1.29 is 4.39 Å². The normalized spacial score (nSPS) is 27.2. The smallest absolute Gasteiger partial charge is 0.128 e. The monoisotopic (exact) mass is 272 g/mol. The number of nitrogens with two attached hydrogens (primary N) is 2. The van der Waals surface area contributed by atoms with Gasteiger partial charge in [0.15, 0.2) is 0 Å². The number of benzene rings is 1. The van der Waals surface area contributed by atoms with Gasteiger partial charge in [-0.3, -0.25) is 0 Å². The quantitative estimate of drug-likeness (QED) is 0.868. The SMILES string of the molecule is NC1CC(C(N)c2cc(Br)ccc2F)C1. The summed E-state index contributed by atoms with van der Waals surface area (Å²) in [6.07, 6.45) is 1.79. The summed E-state index contributed by atoms with van der Waals surface area (Å²) in [7, 11) is 0. The summed E-state index contributed by atoms with van der Waals surface area (Å²) in [6.45, 7) is 0. The third-order valence-electron chi connectivity index (χ3n) is 3.04. The number of rotatable bonds is 2. The molecule has 0 spiro atoms. The predicted octanol–water partition coefficient (Wildman–Crippen LogP) is 2.33. The molecule has 1 aliphatic carbocycles. The van der Waals surface area contributed by atoms with Crippen LogP contribution in [-0.4, -0.2) is 6.04 Å². The van der Waals surface area contributed by atoms with Crippen molar-refractivity contribution in [2.75, 3.05) is 0 Å². The minimum atomic E-state index is -0.234. The molecule has 1 fully saturated rings. The molecule has 4 N–H and O–H groups in total. The van der Waals surface area contributed by atoms with Crippen LogP contribution >= 0.6 is 15.9 Å². The molecule has 1 atom stereocenters. The van der Waals surface area contributed by atoms with Crippen molar-refractivity contribution in [3.8, 4) is 0 Å². The van der Waals surface area contributed by atoms with Gasteiger partial charge in [0.25, 0.3) is 0 Å². The average molecular weight is 273 g/mol. The van der Waals surface area contributed by atoms with E-state index in [1.54, 1.807) is 12.1 Å². The number of halogens is 2. The second kappa shape index (κ2) is 4.20. The molecule has 15 heavy (non-hydrogen) atoms. The lowest BCUT2D eigenvalue weighted by Crippen LogP contribution is -2.41. The van der Waals surface area contributed by atoms with Crippen molar-refractivity contribution in [1.82, 2.24) is 0 Å². The van der Waals surface area contributed by atoms with Crippen molar-refractivity contribution in [2.45, 2.75) is 24.9 Å². The lowest BCUT2D eigenvalue weighted by molar-refractivity contribution is 0.221. The van der Waals surface area contributed by atoms with Gasteiger partial charge in [-0.15, -0.1) is 0 Å². The van der Waals surface area contributed by atoms with Gasteiger partial charge in [-0.2, -0.15) is 0 Å². The molecular weight excluding hydrogens is 259 g/mol. The van der Waals surface area contributed by atoms with Gasteiger partial charge < -0.3 is 11.5 Å². The molecule has 0 saturated heterocycles. The Labute approximate surface area is 97.0 Å². The van der Waals surface area contributed by atoms with Gasteiger partial charge in [0.1, 0.15) is 5.82 Å². The van der Waals surface area contributed by atoms with Gasteiger partial charge in [-0.05, 0) is 37.0 Å². The van der Waals surface area contributed by atoms with Crippen LogP contribution in [0.4, 0.5) is 4.39 Å². The van der Waals surface area contributed by atoms with Crippen LogP contribution in [-0.2, 0) is 0 Å². The molecule has 0 bridgehead atoms. The van der Waals surface area contributed by atoms with Crippen LogP contribution in [0.25, 0.3) is 0 Å². The van der Waals surface area contributed by atoms with Gasteiger partial charge >= 0.3 is 0 Å². The molecular formula is C11H14BrFN2. The molecule has 2 rings (SSSR count). The Bertz CT molecular complexity index is 364. The van der Waals surface area contributed by atoms with Crippen LogP contribution in [0.5, 0.6) is 0 Å². The van der Waals surface area contributed by atoms with E-state index in [2.05, 4.69) is 15.9 Å². The van der Waals surface area contributed by atoms with E-state index in [4.69, 9.17) is 11.5 Å². The number of hydrogen-bond acceptors (Lipinski definition) is 2. The van der Waals surface area contributed by atoms with Crippen LogP contribution in [0.3, 0.4) is 0 Å². The van der Waals surface area contributed by atoms with Crippen molar-refractivity contribution in [1.29, 1.82) is 0 Å². The van der Waals surface area contributed by atoms with E-state index in [0.29, 0.717) is 11.5 Å². The van der Waals surface area contributed by atoms with E-state index in [1.165, 1.54) is 6.07 Å². The molecule has 1 aromatic rings. The maximum absolute atomic E-state index is 13.5. The first-order chi connectivity index (χ1) is 7.08. The van der Waals surface area contributed by atoms with E-state index in [-0.39, 0.29) is 17.9 Å². The molecule has 4 heteroatoms. The van der Waals surface area contributed by atoms with Crippen molar-refractivity contribution in [3.05, 3.63) is 34.1 Å². The zero-order valence-electron chi connectivity index (χ0n) is 8.29. The molecule has 1 aliphatic rings. The number of hydrogen-bond donors (Lipinski definition) is 2.